The summed E-state index contributed by atoms with van der Waals surface area (Å²) in [5, 5.41) is 3.80. The molecule has 0 radical (unpaired) electrons. The molecule has 3 atom stereocenters. The van der Waals surface area contributed by atoms with Crippen LogP contribution in [0.5, 0.6) is 0 Å². The largest absolute Gasteiger partial charge is 0.445 e. The Labute approximate surface area is 116 Å². The molecule has 1 fully saturated rings. The van der Waals surface area contributed by atoms with E-state index in [9.17, 15) is 4.79 Å². The van der Waals surface area contributed by atoms with E-state index in [0.29, 0.717) is 17.8 Å². The summed E-state index contributed by atoms with van der Waals surface area (Å²) in [5.41, 5.74) is 2.40. The lowest BCUT2D eigenvalue weighted by atomic mass is 9.75. The van der Waals surface area contributed by atoms with Crippen LogP contribution < -0.4 is 5.43 Å². The maximum absolute atomic E-state index is 11.7. The van der Waals surface area contributed by atoms with Gasteiger partial charge in [0.15, 0.2) is 0 Å². The Hall–Kier alpha value is -1.26. The van der Waals surface area contributed by atoms with Gasteiger partial charge in [-0.15, -0.1) is 0 Å². The molecule has 0 unspecified atom stereocenters. The highest BCUT2D eigenvalue weighted by molar-refractivity contribution is 5.68. The lowest BCUT2D eigenvalue weighted by Gasteiger charge is -2.36. The number of rotatable bonds is 4. The zero-order valence-corrected chi connectivity index (χ0v) is 12.7. The van der Waals surface area contributed by atoms with Crippen molar-refractivity contribution in [3.63, 3.8) is 0 Å². The quantitative estimate of drug-likeness (QED) is 0.485. The minimum absolute atomic E-state index is 0.0123. The van der Waals surface area contributed by atoms with Crippen molar-refractivity contribution in [2.75, 3.05) is 14.1 Å². The maximum Gasteiger partial charge on any atom is 0.428 e. The Kier molecular flexibility index (Phi) is 6.12. The summed E-state index contributed by atoms with van der Waals surface area (Å²) in [6.45, 7) is 6.60. The molecule has 0 aromatic carbocycles. The number of ether oxygens (including phenoxy) is 1. The number of carbonyl (C=O) groups is 1. The van der Waals surface area contributed by atoms with Gasteiger partial charge in [0, 0.05) is 14.1 Å². The van der Waals surface area contributed by atoms with E-state index < -0.39 is 6.09 Å². The molecule has 0 aliphatic heterocycles. The number of hydrogen-bond acceptors (Lipinski definition) is 3. The number of hydrogen-bond donors (Lipinski definition) is 1. The first kappa shape index (κ1) is 15.8. The topological polar surface area (TPSA) is 53.9 Å². The molecule has 1 rings (SSSR count). The lowest BCUT2D eigenvalue weighted by Crippen LogP contribution is -2.38. The molecule has 1 aliphatic rings. The highest BCUT2D eigenvalue weighted by Crippen LogP contribution is 2.35. The van der Waals surface area contributed by atoms with E-state index in [-0.39, 0.29) is 6.10 Å². The molecule has 0 bridgehead atoms. The Balaban J connectivity index is 2.49. The Morgan fingerprint density at radius 3 is 2.68 bits per heavy atom. The summed E-state index contributed by atoms with van der Waals surface area (Å²) >= 11 is 0. The van der Waals surface area contributed by atoms with E-state index in [1.165, 1.54) is 12.8 Å². The van der Waals surface area contributed by atoms with Gasteiger partial charge >= 0.3 is 6.09 Å². The fraction of sp³-hybridized carbons (Fsp3) is 0.857. The van der Waals surface area contributed by atoms with Crippen LogP contribution in [-0.2, 0) is 4.74 Å². The van der Waals surface area contributed by atoms with Gasteiger partial charge in [-0.25, -0.2) is 10.2 Å². The smallest absolute Gasteiger partial charge is 0.428 e. The van der Waals surface area contributed by atoms with Gasteiger partial charge in [0.25, 0.3) is 0 Å². The predicted molar refractivity (Wildman–Crippen MR) is 76.9 cm³/mol. The average molecular weight is 269 g/mol. The van der Waals surface area contributed by atoms with Gasteiger partial charge < -0.3 is 9.64 Å². The molecule has 0 aromatic heterocycles. The van der Waals surface area contributed by atoms with Crippen LogP contribution in [0.3, 0.4) is 0 Å². The number of carbonyl (C=O) groups excluding carboxylic acids is 1. The second-order valence-corrected chi connectivity index (χ2v) is 6.09. The van der Waals surface area contributed by atoms with Gasteiger partial charge in [-0.1, -0.05) is 27.2 Å². The molecule has 5 nitrogen and oxygen atoms in total. The Morgan fingerprint density at radius 2 is 2.11 bits per heavy atom. The van der Waals surface area contributed by atoms with Crippen LogP contribution in [-0.4, -0.2) is 37.5 Å². The van der Waals surface area contributed by atoms with Gasteiger partial charge in [0.05, 0.1) is 0 Å². The molecule has 0 heterocycles. The van der Waals surface area contributed by atoms with Gasteiger partial charge in [-0.3, -0.25) is 0 Å². The van der Waals surface area contributed by atoms with Gasteiger partial charge in [-0.05, 0) is 30.6 Å². The molecule has 19 heavy (non-hydrogen) atoms. The third-order valence-corrected chi connectivity index (χ3v) is 3.66. The highest BCUT2D eigenvalue weighted by Gasteiger charge is 2.33. The van der Waals surface area contributed by atoms with Crippen LogP contribution >= 0.6 is 0 Å². The first-order valence-corrected chi connectivity index (χ1v) is 7.06. The van der Waals surface area contributed by atoms with E-state index in [0.717, 1.165) is 12.8 Å². The first-order valence-electron chi connectivity index (χ1n) is 7.06. The van der Waals surface area contributed by atoms with Crippen LogP contribution in [0.25, 0.3) is 0 Å². The van der Waals surface area contributed by atoms with Gasteiger partial charge in [0.2, 0.25) is 0 Å². The minimum Gasteiger partial charge on any atom is -0.445 e. The van der Waals surface area contributed by atoms with E-state index in [1.807, 2.05) is 14.1 Å². The van der Waals surface area contributed by atoms with Crippen LogP contribution in [0.1, 0.15) is 40.0 Å². The third-order valence-electron chi connectivity index (χ3n) is 3.66. The summed E-state index contributed by atoms with van der Waals surface area (Å²) in [5.74, 6) is 1.62. The summed E-state index contributed by atoms with van der Waals surface area (Å²) in [7, 11) is 3.68. The zero-order valence-electron chi connectivity index (χ0n) is 12.7. The molecule has 1 aliphatic carbocycles. The van der Waals surface area contributed by atoms with Gasteiger partial charge in [-0.2, -0.15) is 5.10 Å². The monoisotopic (exact) mass is 269 g/mol. The standard InChI is InChI=1S/C14H27N3O2/c1-10(2)12-7-6-11(3)8-13(12)19-14(18)16-15-9-17(4)5/h9-13H,6-8H2,1-5H3,(H,16,18)/b15-9+/t11-,12-,13-/m1/s1. The van der Waals surface area contributed by atoms with Crippen LogP contribution in [0, 0.1) is 17.8 Å². The molecular formula is C14H27N3O2. The number of nitrogens with one attached hydrogen (secondary N) is 1. The first-order chi connectivity index (χ1) is 8.90. The molecule has 1 N–H and O–H groups in total. The van der Waals surface area contributed by atoms with Crippen molar-refractivity contribution in [3.05, 3.63) is 0 Å². The predicted octanol–water partition coefficient (Wildman–Crippen LogP) is 2.68. The highest BCUT2D eigenvalue weighted by atomic mass is 16.6. The van der Waals surface area contributed by atoms with Gasteiger partial charge in [0.1, 0.15) is 12.4 Å². The fourth-order valence-corrected chi connectivity index (χ4v) is 2.61. The van der Waals surface area contributed by atoms with Crippen molar-refractivity contribution < 1.29 is 9.53 Å². The van der Waals surface area contributed by atoms with Crippen LogP contribution in [0.15, 0.2) is 5.10 Å². The van der Waals surface area contributed by atoms with E-state index in [2.05, 4.69) is 31.3 Å². The average Bonchev–Trinajstić information content (AvgIpc) is 2.27. The van der Waals surface area contributed by atoms with Crippen molar-refractivity contribution in [1.82, 2.24) is 10.3 Å². The van der Waals surface area contributed by atoms with E-state index in [4.69, 9.17) is 4.74 Å². The number of amides is 1. The molecule has 0 saturated heterocycles. The summed E-state index contributed by atoms with van der Waals surface area (Å²) in [4.78, 5) is 13.5. The molecule has 0 aromatic rings. The molecule has 110 valence electrons. The van der Waals surface area contributed by atoms with Crippen molar-refractivity contribution in [2.24, 2.45) is 22.9 Å². The second-order valence-electron chi connectivity index (χ2n) is 6.09. The number of hydrazone groups is 1. The molecule has 5 heteroatoms. The Morgan fingerprint density at radius 1 is 1.42 bits per heavy atom. The van der Waals surface area contributed by atoms with Crippen LogP contribution in [0.2, 0.25) is 0 Å². The zero-order chi connectivity index (χ0) is 14.4. The van der Waals surface area contributed by atoms with Crippen LogP contribution in [0.4, 0.5) is 4.79 Å². The maximum atomic E-state index is 11.7. The van der Waals surface area contributed by atoms with E-state index in [1.54, 1.807) is 4.90 Å². The van der Waals surface area contributed by atoms with Crippen molar-refractivity contribution in [3.8, 4) is 0 Å². The molecular weight excluding hydrogens is 242 g/mol. The second kappa shape index (κ2) is 7.36. The SMILES string of the molecule is CC(C)[C@H]1CC[C@@H](C)C[C@H]1OC(=O)N/N=C/N(C)C. The lowest BCUT2D eigenvalue weighted by molar-refractivity contribution is 0.00632. The normalized spacial score (nSPS) is 27.6. The molecule has 1 saturated carbocycles. The third kappa shape index (κ3) is 5.49. The summed E-state index contributed by atoms with van der Waals surface area (Å²) < 4.78 is 5.54. The van der Waals surface area contributed by atoms with Crippen molar-refractivity contribution in [1.29, 1.82) is 0 Å². The van der Waals surface area contributed by atoms with Crippen molar-refractivity contribution >= 4 is 12.4 Å². The molecule has 1 amide bonds. The summed E-state index contributed by atoms with van der Waals surface area (Å²) in [6, 6.07) is 0. The number of nitrogens with zero attached hydrogens (tertiary/aromatic N) is 2. The fourth-order valence-electron chi connectivity index (χ4n) is 2.61. The van der Waals surface area contributed by atoms with Crippen molar-refractivity contribution in [2.45, 2.75) is 46.1 Å². The minimum atomic E-state index is -0.456. The van der Waals surface area contributed by atoms with E-state index >= 15 is 0 Å². The Bertz CT molecular complexity index is 316. The molecule has 0 spiro atoms. The summed E-state index contributed by atoms with van der Waals surface area (Å²) in [6.07, 6.45) is 4.40.